The van der Waals surface area contributed by atoms with Gasteiger partial charge in [0, 0.05) is 38.2 Å². The number of aldehydes is 1. The van der Waals surface area contributed by atoms with Gasteiger partial charge in [-0.05, 0) is 63.7 Å². The maximum Gasteiger partial charge on any atom is 0.146 e. The third-order valence-electron chi connectivity index (χ3n) is 5.53. The number of hydrogen-bond acceptors (Lipinski definition) is 9. The number of nitriles is 1. The highest BCUT2D eigenvalue weighted by molar-refractivity contribution is 5.73. The molecule has 0 aromatic heterocycles. The molecule has 0 amide bonds. The fraction of sp³-hybridized carbons (Fsp3) is 0.538. The van der Waals surface area contributed by atoms with E-state index in [1.165, 1.54) is 13.0 Å². The van der Waals surface area contributed by atoms with Crippen LogP contribution in [-0.4, -0.2) is 76.9 Å². The predicted octanol–water partition coefficient (Wildman–Crippen LogP) is 2.00. The van der Waals surface area contributed by atoms with E-state index in [1.54, 1.807) is 32.4 Å². The number of anilines is 1. The molecule has 0 radical (unpaired) electrons. The Hall–Kier alpha value is -2.97. The number of hydrogen-bond donors (Lipinski definition) is 5. The monoisotopic (exact) mass is 503 g/mol. The highest BCUT2D eigenvalue weighted by atomic mass is 19.1. The molecule has 0 spiro atoms. The Labute approximate surface area is 214 Å². The van der Waals surface area contributed by atoms with Crippen molar-refractivity contribution >= 4 is 17.5 Å². The topological polar surface area (TPSA) is 127 Å². The predicted molar refractivity (Wildman–Crippen MR) is 143 cm³/mol. The number of nitrogens with one attached hydrogen (secondary N) is 4. The van der Waals surface area contributed by atoms with Crippen molar-refractivity contribution < 1.29 is 13.9 Å². The van der Waals surface area contributed by atoms with Crippen LogP contribution in [0.25, 0.3) is 5.57 Å². The summed E-state index contributed by atoms with van der Waals surface area (Å²) in [6.45, 7) is 6.59. The maximum absolute atomic E-state index is 15.0. The van der Waals surface area contributed by atoms with Crippen LogP contribution in [0, 0.1) is 17.1 Å². The smallest absolute Gasteiger partial charge is 0.146 e. The van der Waals surface area contributed by atoms with Crippen molar-refractivity contribution in [1.82, 2.24) is 20.9 Å². The Balaban J connectivity index is 0.00000205. The van der Waals surface area contributed by atoms with Gasteiger partial charge in [-0.25, -0.2) is 4.39 Å². The molecule has 1 aromatic rings. The molecule has 36 heavy (non-hydrogen) atoms. The van der Waals surface area contributed by atoms with E-state index in [0.717, 1.165) is 37.9 Å². The summed E-state index contributed by atoms with van der Waals surface area (Å²) in [5.74, 6) is -0.434. The van der Waals surface area contributed by atoms with Gasteiger partial charge in [0.2, 0.25) is 0 Å². The minimum Gasteiger partial charge on any atom is -0.394 e. The molecule has 0 saturated carbocycles. The highest BCUT2D eigenvalue weighted by Crippen LogP contribution is 2.24. The van der Waals surface area contributed by atoms with E-state index in [-0.39, 0.29) is 6.04 Å². The number of benzene rings is 1. The summed E-state index contributed by atoms with van der Waals surface area (Å²) in [6.07, 6.45) is 5.79. The van der Waals surface area contributed by atoms with Gasteiger partial charge in [0.15, 0.2) is 0 Å². The first-order valence-corrected chi connectivity index (χ1v) is 12.2. The molecular weight excluding hydrogens is 461 g/mol. The van der Waals surface area contributed by atoms with Gasteiger partial charge in [-0.15, -0.1) is 0 Å². The SMILES string of the molecule is CC=O.CCCN(C)C/C(=C/NC1CCOC1)C(N)Nc1ccc(/C(=C/NC)C(C#N)NC)cc1F. The second-order valence-electron chi connectivity index (χ2n) is 8.48. The van der Waals surface area contributed by atoms with Crippen LogP contribution in [0.2, 0.25) is 0 Å². The van der Waals surface area contributed by atoms with E-state index in [0.29, 0.717) is 30.0 Å². The largest absolute Gasteiger partial charge is 0.394 e. The number of likely N-dealkylation sites (N-methyl/N-ethyl adjacent to an activating group) is 2. The van der Waals surface area contributed by atoms with Crippen LogP contribution in [-0.2, 0) is 9.53 Å². The molecule has 3 atom stereocenters. The Morgan fingerprint density at radius 2 is 2.11 bits per heavy atom. The van der Waals surface area contributed by atoms with Gasteiger partial charge in [-0.1, -0.05) is 13.0 Å². The minimum absolute atomic E-state index is 0.261. The summed E-state index contributed by atoms with van der Waals surface area (Å²) in [5, 5.41) is 21.8. The van der Waals surface area contributed by atoms with Crippen LogP contribution in [0.1, 0.15) is 32.3 Å². The number of nitrogens with two attached hydrogens (primary N) is 1. The average molecular weight is 504 g/mol. The number of carbonyl (C=O) groups excluding carboxylic acids is 1. The quantitative estimate of drug-likeness (QED) is 0.203. The first-order chi connectivity index (χ1) is 17.3. The van der Waals surface area contributed by atoms with Crippen molar-refractivity contribution in [2.24, 2.45) is 5.73 Å². The van der Waals surface area contributed by atoms with Crippen LogP contribution in [0.5, 0.6) is 0 Å². The molecule has 1 saturated heterocycles. The van der Waals surface area contributed by atoms with Gasteiger partial charge < -0.3 is 41.4 Å². The molecule has 200 valence electrons. The first-order valence-electron chi connectivity index (χ1n) is 12.2. The maximum atomic E-state index is 15.0. The Morgan fingerprint density at radius 1 is 1.39 bits per heavy atom. The molecule has 1 aliphatic heterocycles. The van der Waals surface area contributed by atoms with Gasteiger partial charge >= 0.3 is 0 Å². The van der Waals surface area contributed by atoms with Crippen molar-refractivity contribution in [2.75, 3.05) is 52.8 Å². The van der Waals surface area contributed by atoms with Crippen LogP contribution in [0.15, 0.2) is 36.2 Å². The average Bonchev–Trinajstić information content (AvgIpc) is 3.37. The fourth-order valence-corrected chi connectivity index (χ4v) is 3.75. The highest BCUT2D eigenvalue weighted by Gasteiger charge is 2.19. The normalized spacial score (nSPS) is 17.5. The van der Waals surface area contributed by atoms with E-state index < -0.39 is 18.0 Å². The molecule has 6 N–H and O–H groups in total. The molecule has 1 heterocycles. The Bertz CT molecular complexity index is 895. The molecule has 10 heteroatoms. The van der Waals surface area contributed by atoms with E-state index in [1.807, 2.05) is 13.2 Å². The standard InChI is InChI=1S/C24H38FN7O.C2H4O/c1-5-9-32(4)15-18(13-30-19-8-10-33-16-19)24(27)31-22-7-6-17(11-21(22)25)20(14-28-2)23(12-26)29-3;1-2-3/h6-7,11,13-14,19,23-24,28-31H,5,8-10,15-16,27H2,1-4H3;2H,1H3/b18-13-,20-14-;. The van der Waals surface area contributed by atoms with Gasteiger partial charge in [-0.3, -0.25) is 0 Å². The van der Waals surface area contributed by atoms with Crippen molar-refractivity contribution in [1.29, 1.82) is 5.26 Å². The van der Waals surface area contributed by atoms with E-state index >= 15 is 4.39 Å². The molecule has 1 aliphatic rings. The zero-order valence-corrected chi connectivity index (χ0v) is 22.1. The molecule has 0 bridgehead atoms. The Morgan fingerprint density at radius 3 is 2.64 bits per heavy atom. The van der Waals surface area contributed by atoms with Gasteiger partial charge in [0.25, 0.3) is 0 Å². The summed E-state index contributed by atoms with van der Waals surface area (Å²) in [4.78, 5) is 11.0. The second-order valence-corrected chi connectivity index (χ2v) is 8.48. The van der Waals surface area contributed by atoms with Crippen molar-refractivity contribution in [2.45, 2.75) is 44.9 Å². The lowest BCUT2D eigenvalue weighted by atomic mass is 9.99. The Kier molecular flexibility index (Phi) is 15.1. The van der Waals surface area contributed by atoms with Gasteiger partial charge in [0.05, 0.1) is 30.6 Å². The summed E-state index contributed by atoms with van der Waals surface area (Å²) >= 11 is 0. The molecule has 1 aromatic carbocycles. The van der Waals surface area contributed by atoms with Gasteiger partial charge in [0.1, 0.15) is 18.1 Å². The summed E-state index contributed by atoms with van der Waals surface area (Å²) in [6, 6.07) is 6.73. The fourth-order valence-electron chi connectivity index (χ4n) is 3.75. The van der Waals surface area contributed by atoms with Crippen LogP contribution < -0.4 is 27.0 Å². The van der Waals surface area contributed by atoms with Gasteiger partial charge in [-0.2, -0.15) is 5.26 Å². The van der Waals surface area contributed by atoms with E-state index in [4.69, 9.17) is 15.3 Å². The number of rotatable bonds is 13. The van der Waals surface area contributed by atoms with Crippen molar-refractivity contribution in [3.05, 3.63) is 47.6 Å². The number of carbonyl (C=O) groups is 1. The summed E-state index contributed by atoms with van der Waals surface area (Å²) in [5.41, 5.74) is 8.97. The van der Waals surface area contributed by atoms with Crippen molar-refractivity contribution in [3.8, 4) is 6.07 Å². The molecule has 0 aliphatic carbocycles. The third kappa shape index (κ3) is 10.3. The molecule has 1 fully saturated rings. The van der Waals surface area contributed by atoms with Crippen LogP contribution >= 0.6 is 0 Å². The molecule has 2 rings (SSSR count). The lowest BCUT2D eigenvalue weighted by Crippen LogP contribution is -2.39. The first kappa shape index (κ1) is 31.1. The van der Waals surface area contributed by atoms with E-state index in [9.17, 15) is 5.26 Å². The number of nitrogens with zero attached hydrogens (tertiary/aromatic N) is 2. The zero-order chi connectivity index (χ0) is 26.9. The van der Waals surface area contributed by atoms with Crippen LogP contribution in [0.4, 0.5) is 10.1 Å². The lowest BCUT2D eigenvalue weighted by molar-refractivity contribution is -0.106. The zero-order valence-electron chi connectivity index (χ0n) is 22.1. The number of ether oxygens (including phenoxy) is 1. The van der Waals surface area contributed by atoms with Crippen molar-refractivity contribution in [3.63, 3.8) is 0 Å². The third-order valence-corrected chi connectivity index (χ3v) is 5.53. The second kappa shape index (κ2) is 17.5. The number of halogens is 1. The molecular formula is C26H42FN7O2. The summed E-state index contributed by atoms with van der Waals surface area (Å²) < 4.78 is 20.5. The summed E-state index contributed by atoms with van der Waals surface area (Å²) in [7, 11) is 5.48. The minimum atomic E-state index is -0.573. The van der Waals surface area contributed by atoms with E-state index in [2.05, 4.69) is 39.2 Å². The van der Waals surface area contributed by atoms with Crippen LogP contribution in [0.3, 0.4) is 0 Å². The molecule has 3 unspecified atom stereocenters. The lowest BCUT2D eigenvalue weighted by Gasteiger charge is -2.25. The molecule has 9 nitrogen and oxygen atoms in total.